The fourth-order valence-corrected chi connectivity index (χ4v) is 2.05. The van der Waals surface area contributed by atoms with Crippen LogP contribution in [0.4, 0.5) is 8.78 Å². The standard InChI is InChI=1S/C17H19F2NO/c1-3-7-20-12(2)13-5-4-6-16(8-13)21-17-10-14(18)9-15(19)11-17/h4-6,8-12,20H,3,7H2,1-2H3. The number of hydrogen-bond acceptors (Lipinski definition) is 2. The number of rotatable bonds is 6. The first-order valence-corrected chi connectivity index (χ1v) is 7.05. The van der Waals surface area contributed by atoms with Gasteiger partial charge in [0.25, 0.3) is 0 Å². The molecule has 0 aliphatic heterocycles. The van der Waals surface area contributed by atoms with Gasteiger partial charge in [-0.15, -0.1) is 0 Å². The molecule has 112 valence electrons. The third-order valence-corrected chi connectivity index (χ3v) is 3.13. The zero-order valence-corrected chi connectivity index (χ0v) is 12.2. The highest BCUT2D eigenvalue weighted by molar-refractivity contribution is 5.35. The van der Waals surface area contributed by atoms with Gasteiger partial charge in [0.05, 0.1) is 0 Å². The Morgan fingerprint density at radius 3 is 2.43 bits per heavy atom. The van der Waals surface area contributed by atoms with Crippen LogP contribution in [-0.2, 0) is 0 Å². The Hall–Kier alpha value is -1.94. The van der Waals surface area contributed by atoms with Crippen molar-refractivity contribution in [1.29, 1.82) is 0 Å². The summed E-state index contributed by atoms with van der Waals surface area (Å²) < 4.78 is 31.8. The second kappa shape index (κ2) is 7.18. The molecule has 2 nitrogen and oxygen atoms in total. The molecule has 0 aliphatic carbocycles. The van der Waals surface area contributed by atoms with Crippen molar-refractivity contribution >= 4 is 0 Å². The molecule has 0 saturated carbocycles. The van der Waals surface area contributed by atoms with Crippen molar-refractivity contribution < 1.29 is 13.5 Å². The lowest BCUT2D eigenvalue weighted by molar-refractivity contribution is 0.466. The monoisotopic (exact) mass is 291 g/mol. The molecular weight excluding hydrogens is 272 g/mol. The largest absolute Gasteiger partial charge is 0.457 e. The van der Waals surface area contributed by atoms with Crippen LogP contribution in [0.2, 0.25) is 0 Å². The Morgan fingerprint density at radius 2 is 1.76 bits per heavy atom. The second-order valence-electron chi connectivity index (χ2n) is 4.96. The molecule has 0 spiro atoms. The van der Waals surface area contributed by atoms with E-state index in [1.54, 1.807) is 6.07 Å². The van der Waals surface area contributed by atoms with Gasteiger partial charge < -0.3 is 10.1 Å². The summed E-state index contributed by atoms with van der Waals surface area (Å²) in [5, 5.41) is 3.38. The van der Waals surface area contributed by atoms with E-state index in [-0.39, 0.29) is 11.8 Å². The van der Waals surface area contributed by atoms with E-state index >= 15 is 0 Å². The van der Waals surface area contributed by atoms with Gasteiger partial charge in [0.15, 0.2) is 0 Å². The lowest BCUT2D eigenvalue weighted by Gasteiger charge is -2.15. The molecule has 0 fully saturated rings. The highest BCUT2D eigenvalue weighted by Gasteiger charge is 2.07. The van der Waals surface area contributed by atoms with Gasteiger partial charge in [0.2, 0.25) is 0 Å². The SMILES string of the molecule is CCCNC(C)c1cccc(Oc2cc(F)cc(F)c2)c1. The average molecular weight is 291 g/mol. The fourth-order valence-electron chi connectivity index (χ4n) is 2.05. The molecule has 1 unspecified atom stereocenters. The highest BCUT2D eigenvalue weighted by atomic mass is 19.1. The number of ether oxygens (including phenoxy) is 1. The molecule has 0 radical (unpaired) electrons. The van der Waals surface area contributed by atoms with Gasteiger partial charge in [-0.05, 0) is 37.6 Å². The molecule has 0 amide bonds. The van der Waals surface area contributed by atoms with E-state index in [4.69, 9.17) is 4.74 Å². The van der Waals surface area contributed by atoms with Crippen LogP contribution in [0.5, 0.6) is 11.5 Å². The molecule has 2 aromatic rings. The van der Waals surface area contributed by atoms with Crippen LogP contribution in [0.15, 0.2) is 42.5 Å². The third-order valence-electron chi connectivity index (χ3n) is 3.13. The first kappa shape index (κ1) is 15.4. The third kappa shape index (κ3) is 4.53. The molecule has 0 aliphatic rings. The fraction of sp³-hybridized carbons (Fsp3) is 0.294. The molecule has 0 heterocycles. The van der Waals surface area contributed by atoms with Gasteiger partial charge in [-0.3, -0.25) is 0 Å². The van der Waals surface area contributed by atoms with Crippen LogP contribution < -0.4 is 10.1 Å². The minimum absolute atomic E-state index is 0.152. The molecule has 21 heavy (non-hydrogen) atoms. The van der Waals surface area contributed by atoms with E-state index in [1.165, 1.54) is 0 Å². The first-order chi connectivity index (χ1) is 10.1. The Bertz CT molecular complexity index is 581. The summed E-state index contributed by atoms with van der Waals surface area (Å²) >= 11 is 0. The molecule has 1 atom stereocenters. The Labute approximate surface area is 123 Å². The minimum Gasteiger partial charge on any atom is -0.457 e. The quantitative estimate of drug-likeness (QED) is 0.824. The summed E-state index contributed by atoms with van der Waals surface area (Å²) in [6, 6.07) is 10.8. The maximum atomic E-state index is 13.1. The van der Waals surface area contributed by atoms with Crippen molar-refractivity contribution in [2.45, 2.75) is 26.3 Å². The molecular formula is C17H19F2NO. The van der Waals surface area contributed by atoms with E-state index in [9.17, 15) is 8.78 Å². The van der Waals surface area contributed by atoms with E-state index in [1.807, 2.05) is 18.2 Å². The van der Waals surface area contributed by atoms with Gasteiger partial charge >= 0.3 is 0 Å². The predicted octanol–water partition coefficient (Wildman–Crippen LogP) is 4.82. The van der Waals surface area contributed by atoms with Crippen molar-refractivity contribution in [3.8, 4) is 11.5 Å². The van der Waals surface area contributed by atoms with Crippen LogP contribution in [0.25, 0.3) is 0 Å². The van der Waals surface area contributed by atoms with Crippen LogP contribution in [0, 0.1) is 11.6 Å². The van der Waals surface area contributed by atoms with Crippen molar-refractivity contribution in [2.24, 2.45) is 0 Å². The Morgan fingerprint density at radius 1 is 1.05 bits per heavy atom. The van der Waals surface area contributed by atoms with Gasteiger partial charge in [-0.2, -0.15) is 0 Å². The van der Waals surface area contributed by atoms with Crippen LogP contribution in [-0.4, -0.2) is 6.54 Å². The summed E-state index contributed by atoms with van der Waals surface area (Å²) in [7, 11) is 0. The van der Waals surface area contributed by atoms with E-state index < -0.39 is 11.6 Å². The number of benzene rings is 2. The average Bonchev–Trinajstić information content (AvgIpc) is 2.44. The Kier molecular flexibility index (Phi) is 5.28. The molecule has 0 saturated heterocycles. The van der Waals surface area contributed by atoms with Gasteiger partial charge in [0, 0.05) is 24.2 Å². The maximum absolute atomic E-state index is 13.1. The number of nitrogens with one attached hydrogen (secondary N) is 1. The van der Waals surface area contributed by atoms with Crippen molar-refractivity contribution in [1.82, 2.24) is 5.32 Å². The molecule has 0 aromatic heterocycles. The minimum atomic E-state index is -0.654. The zero-order valence-electron chi connectivity index (χ0n) is 12.2. The molecule has 4 heteroatoms. The first-order valence-electron chi connectivity index (χ1n) is 7.05. The summed E-state index contributed by atoms with van der Waals surface area (Å²) in [4.78, 5) is 0. The smallest absolute Gasteiger partial charge is 0.133 e. The number of hydrogen-bond donors (Lipinski definition) is 1. The van der Waals surface area contributed by atoms with E-state index in [0.29, 0.717) is 5.75 Å². The van der Waals surface area contributed by atoms with Crippen LogP contribution in [0.3, 0.4) is 0 Å². The zero-order chi connectivity index (χ0) is 15.2. The van der Waals surface area contributed by atoms with E-state index in [2.05, 4.69) is 19.2 Å². The van der Waals surface area contributed by atoms with Gasteiger partial charge in [-0.1, -0.05) is 19.1 Å². The Balaban J connectivity index is 2.13. The van der Waals surface area contributed by atoms with Gasteiger partial charge in [0.1, 0.15) is 23.1 Å². The molecule has 2 rings (SSSR count). The topological polar surface area (TPSA) is 21.3 Å². The maximum Gasteiger partial charge on any atom is 0.133 e. The summed E-state index contributed by atoms with van der Waals surface area (Å²) in [5.41, 5.74) is 1.07. The molecule has 2 aromatic carbocycles. The lowest BCUT2D eigenvalue weighted by Crippen LogP contribution is -2.19. The molecule has 0 bridgehead atoms. The van der Waals surface area contributed by atoms with Crippen molar-refractivity contribution in [2.75, 3.05) is 6.54 Å². The van der Waals surface area contributed by atoms with Gasteiger partial charge in [-0.25, -0.2) is 8.78 Å². The van der Waals surface area contributed by atoms with E-state index in [0.717, 1.165) is 36.7 Å². The molecule has 1 N–H and O–H groups in total. The normalized spacial score (nSPS) is 12.2. The summed E-state index contributed by atoms with van der Waals surface area (Å²) in [6.07, 6.45) is 1.06. The summed E-state index contributed by atoms with van der Waals surface area (Å²) in [5.74, 6) is -0.597. The van der Waals surface area contributed by atoms with Crippen molar-refractivity contribution in [3.05, 3.63) is 59.7 Å². The van der Waals surface area contributed by atoms with Crippen LogP contribution in [0.1, 0.15) is 31.9 Å². The second-order valence-corrected chi connectivity index (χ2v) is 4.96. The number of halogens is 2. The predicted molar refractivity (Wildman–Crippen MR) is 79.6 cm³/mol. The van der Waals surface area contributed by atoms with Crippen LogP contribution >= 0.6 is 0 Å². The summed E-state index contributed by atoms with van der Waals surface area (Å²) in [6.45, 7) is 5.11. The van der Waals surface area contributed by atoms with Crippen molar-refractivity contribution in [3.63, 3.8) is 0 Å². The highest BCUT2D eigenvalue weighted by Crippen LogP contribution is 2.25. The lowest BCUT2D eigenvalue weighted by atomic mass is 10.1.